The number of halogens is 1. The molecule has 0 spiro atoms. The minimum atomic E-state index is -1.07. The Morgan fingerprint density at radius 3 is 2.54 bits per heavy atom. The molecule has 0 saturated carbocycles. The summed E-state index contributed by atoms with van der Waals surface area (Å²) in [6.07, 6.45) is 4.22. The molecule has 0 aliphatic carbocycles. The lowest BCUT2D eigenvalue weighted by Gasteiger charge is -2.31. The normalized spacial score (nSPS) is 17.6. The van der Waals surface area contributed by atoms with Gasteiger partial charge < -0.3 is 24.8 Å². The number of hydrogen-bond acceptors (Lipinski definition) is 5. The Morgan fingerprint density at radius 1 is 1.25 bits per heavy atom. The lowest BCUT2D eigenvalue weighted by molar-refractivity contribution is -0.142. The number of nitrogens with zero attached hydrogens (tertiary/aromatic N) is 1. The van der Waals surface area contributed by atoms with Gasteiger partial charge in [0.05, 0.1) is 0 Å². The fraction of sp³-hybridized carbons (Fsp3) is 0.421. The lowest BCUT2D eigenvalue weighted by atomic mass is 9.95. The summed E-state index contributed by atoms with van der Waals surface area (Å²) in [4.78, 5) is 37.1. The Morgan fingerprint density at radius 2 is 1.89 bits per heavy atom. The van der Waals surface area contributed by atoms with Crippen LogP contribution in [0.15, 0.2) is 22.7 Å². The van der Waals surface area contributed by atoms with E-state index >= 15 is 0 Å². The van der Waals surface area contributed by atoms with Crippen molar-refractivity contribution < 1.29 is 29.0 Å². The highest BCUT2D eigenvalue weighted by molar-refractivity contribution is 9.10. The lowest BCUT2D eigenvalue weighted by Crippen LogP contribution is -2.46. The second-order valence-corrected chi connectivity index (χ2v) is 7.58. The van der Waals surface area contributed by atoms with E-state index in [0.717, 1.165) is 10.0 Å². The summed E-state index contributed by atoms with van der Waals surface area (Å²) in [6, 6.07) is 2.68. The Hall–Kier alpha value is -2.55. The average Bonchev–Trinajstić information content (AvgIpc) is 3.12. The SMILES string of the molecule is CC(NC(=O)C1CCN(C(=O)C=Cc2cc3c(cc2Br)OCO3)CC1)C(=O)O. The maximum absolute atomic E-state index is 12.4. The van der Waals surface area contributed by atoms with E-state index in [4.69, 9.17) is 14.6 Å². The Labute approximate surface area is 170 Å². The number of carbonyl (C=O) groups is 3. The van der Waals surface area contributed by atoms with Gasteiger partial charge in [0, 0.05) is 29.6 Å². The summed E-state index contributed by atoms with van der Waals surface area (Å²) in [5.41, 5.74) is 0.800. The third-order valence-corrected chi connectivity index (χ3v) is 5.49. The molecule has 9 heteroatoms. The molecule has 3 rings (SSSR count). The summed E-state index contributed by atoms with van der Waals surface area (Å²) >= 11 is 3.45. The highest BCUT2D eigenvalue weighted by atomic mass is 79.9. The van der Waals surface area contributed by atoms with Gasteiger partial charge in [0.2, 0.25) is 18.6 Å². The van der Waals surface area contributed by atoms with Gasteiger partial charge in [-0.1, -0.05) is 15.9 Å². The zero-order valence-electron chi connectivity index (χ0n) is 15.3. The minimum absolute atomic E-state index is 0.137. The molecule has 1 aromatic rings. The molecule has 2 aliphatic rings. The first-order chi connectivity index (χ1) is 13.3. The number of fused-ring (bicyclic) bond motifs is 1. The van der Waals surface area contributed by atoms with Crippen molar-refractivity contribution in [3.63, 3.8) is 0 Å². The second-order valence-electron chi connectivity index (χ2n) is 6.73. The molecule has 1 saturated heterocycles. The smallest absolute Gasteiger partial charge is 0.325 e. The maximum Gasteiger partial charge on any atom is 0.325 e. The number of aliphatic carboxylic acids is 1. The highest BCUT2D eigenvalue weighted by Gasteiger charge is 2.28. The molecule has 150 valence electrons. The van der Waals surface area contributed by atoms with Gasteiger partial charge in [0.1, 0.15) is 6.04 Å². The summed E-state index contributed by atoms with van der Waals surface area (Å²) in [6.45, 7) is 2.51. The third-order valence-electron chi connectivity index (χ3n) is 4.80. The fourth-order valence-electron chi connectivity index (χ4n) is 3.08. The molecule has 1 atom stereocenters. The van der Waals surface area contributed by atoms with Gasteiger partial charge in [-0.3, -0.25) is 14.4 Å². The van der Waals surface area contributed by atoms with E-state index in [9.17, 15) is 14.4 Å². The molecule has 2 amide bonds. The van der Waals surface area contributed by atoms with E-state index < -0.39 is 12.0 Å². The first-order valence-electron chi connectivity index (χ1n) is 8.94. The molecular formula is C19H21BrN2O6. The Balaban J connectivity index is 1.54. The van der Waals surface area contributed by atoms with Crippen LogP contribution in [-0.2, 0) is 14.4 Å². The van der Waals surface area contributed by atoms with Crippen LogP contribution < -0.4 is 14.8 Å². The average molecular weight is 453 g/mol. The number of hydrogen-bond donors (Lipinski definition) is 2. The predicted octanol–water partition coefficient (Wildman–Crippen LogP) is 2.02. The molecule has 2 heterocycles. The number of carbonyl (C=O) groups excluding carboxylic acids is 2. The van der Waals surface area contributed by atoms with Gasteiger partial charge >= 0.3 is 5.97 Å². The summed E-state index contributed by atoms with van der Waals surface area (Å²) in [5, 5.41) is 11.4. The minimum Gasteiger partial charge on any atom is -0.480 e. The first kappa shape index (κ1) is 20.2. The summed E-state index contributed by atoms with van der Waals surface area (Å²) < 4.78 is 11.4. The van der Waals surface area contributed by atoms with E-state index in [2.05, 4.69) is 21.2 Å². The number of ether oxygens (including phenoxy) is 2. The van der Waals surface area contributed by atoms with Crippen LogP contribution in [0.4, 0.5) is 0 Å². The van der Waals surface area contributed by atoms with Crippen molar-refractivity contribution in [2.45, 2.75) is 25.8 Å². The van der Waals surface area contributed by atoms with Crippen molar-refractivity contribution >= 4 is 39.8 Å². The highest BCUT2D eigenvalue weighted by Crippen LogP contribution is 2.37. The summed E-state index contributed by atoms with van der Waals surface area (Å²) in [5.74, 6) is -0.464. The molecule has 0 radical (unpaired) electrons. The molecule has 1 fully saturated rings. The zero-order valence-corrected chi connectivity index (χ0v) is 16.9. The maximum atomic E-state index is 12.4. The number of carboxylic acid groups (broad SMARTS) is 1. The first-order valence-corrected chi connectivity index (χ1v) is 9.73. The predicted molar refractivity (Wildman–Crippen MR) is 104 cm³/mol. The van der Waals surface area contributed by atoms with Crippen LogP contribution in [0.1, 0.15) is 25.3 Å². The van der Waals surface area contributed by atoms with Gasteiger partial charge in [-0.2, -0.15) is 0 Å². The van der Waals surface area contributed by atoms with Gasteiger partial charge in [0.15, 0.2) is 11.5 Å². The van der Waals surface area contributed by atoms with Crippen molar-refractivity contribution in [3.8, 4) is 11.5 Å². The molecule has 0 aromatic heterocycles. The third kappa shape index (κ3) is 4.64. The molecule has 28 heavy (non-hydrogen) atoms. The van der Waals surface area contributed by atoms with Crippen LogP contribution in [0.5, 0.6) is 11.5 Å². The van der Waals surface area contributed by atoms with E-state index in [1.807, 2.05) is 0 Å². The summed E-state index contributed by atoms with van der Waals surface area (Å²) in [7, 11) is 0. The number of nitrogens with one attached hydrogen (secondary N) is 1. The second kappa shape index (κ2) is 8.64. The molecule has 0 bridgehead atoms. The van der Waals surface area contributed by atoms with Gasteiger partial charge in [-0.05, 0) is 43.5 Å². The number of rotatable bonds is 5. The zero-order chi connectivity index (χ0) is 20.3. The van der Waals surface area contributed by atoms with Crippen LogP contribution >= 0.6 is 15.9 Å². The van der Waals surface area contributed by atoms with Crippen LogP contribution in [0.2, 0.25) is 0 Å². The number of benzene rings is 1. The van der Waals surface area contributed by atoms with Crippen molar-refractivity contribution in [3.05, 3.63) is 28.2 Å². The number of likely N-dealkylation sites (tertiary alicyclic amines) is 1. The van der Waals surface area contributed by atoms with Crippen LogP contribution in [0, 0.1) is 5.92 Å². The van der Waals surface area contributed by atoms with Crippen LogP contribution in [0.3, 0.4) is 0 Å². The topological polar surface area (TPSA) is 105 Å². The number of piperidine rings is 1. The van der Waals surface area contributed by atoms with Gasteiger partial charge in [-0.25, -0.2) is 0 Å². The van der Waals surface area contributed by atoms with Crippen molar-refractivity contribution in [1.82, 2.24) is 10.2 Å². The Kier molecular flexibility index (Phi) is 6.23. The van der Waals surface area contributed by atoms with Crippen molar-refractivity contribution in [2.24, 2.45) is 5.92 Å². The monoisotopic (exact) mass is 452 g/mol. The Bertz CT molecular complexity index is 817. The number of carboxylic acids is 1. The molecule has 2 aliphatic heterocycles. The molecule has 1 unspecified atom stereocenters. The van der Waals surface area contributed by atoms with Crippen molar-refractivity contribution in [1.29, 1.82) is 0 Å². The molecule has 1 aromatic carbocycles. The molecule has 2 N–H and O–H groups in total. The number of amides is 2. The van der Waals surface area contributed by atoms with E-state index in [1.165, 1.54) is 13.0 Å². The largest absolute Gasteiger partial charge is 0.480 e. The molecule has 8 nitrogen and oxygen atoms in total. The van der Waals surface area contributed by atoms with E-state index in [-0.39, 0.29) is 24.5 Å². The van der Waals surface area contributed by atoms with E-state index in [1.54, 1.807) is 23.1 Å². The van der Waals surface area contributed by atoms with Crippen LogP contribution in [0.25, 0.3) is 6.08 Å². The fourth-order valence-corrected chi connectivity index (χ4v) is 3.54. The quantitative estimate of drug-likeness (QED) is 0.662. The van der Waals surface area contributed by atoms with Crippen molar-refractivity contribution in [2.75, 3.05) is 19.9 Å². The van der Waals surface area contributed by atoms with Crippen LogP contribution in [-0.4, -0.2) is 53.7 Å². The van der Waals surface area contributed by atoms with Gasteiger partial charge in [0.25, 0.3) is 0 Å². The molecular weight excluding hydrogens is 432 g/mol. The van der Waals surface area contributed by atoms with E-state index in [0.29, 0.717) is 37.4 Å². The standard InChI is InChI=1S/C19H21BrN2O6/c1-11(19(25)26)21-18(24)12-4-6-22(7-5-12)17(23)3-2-13-8-15-16(9-14(13)20)28-10-27-15/h2-3,8-9,11-12H,4-7,10H2,1H3,(H,21,24)(H,25,26). The van der Waals surface area contributed by atoms with Gasteiger partial charge in [-0.15, -0.1) is 0 Å².